The van der Waals surface area contributed by atoms with Crippen LogP contribution >= 0.6 is 0 Å². The smallest absolute Gasteiger partial charge is 0.355 e. The van der Waals surface area contributed by atoms with E-state index in [1.165, 1.54) is 0 Å². The molecule has 8 nitrogen and oxygen atoms in total. The monoisotopic (exact) mass is 373 g/mol. The minimum Gasteiger partial charge on any atom is -0.462 e. The van der Waals surface area contributed by atoms with Crippen LogP contribution in [-0.4, -0.2) is 42.7 Å². The molecule has 0 unspecified atom stereocenters. The van der Waals surface area contributed by atoms with Crippen molar-refractivity contribution in [3.8, 4) is 11.5 Å². The molecule has 0 radical (unpaired) electrons. The van der Waals surface area contributed by atoms with Crippen LogP contribution in [0.25, 0.3) is 0 Å². The highest BCUT2D eigenvalue weighted by molar-refractivity contribution is 6.01. The van der Waals surface area contributed by atoms with Crippen LogP contribution in [0.2, 0.25) is 0 Å². The molecule has 0 amide bonds. The van der Waals surface area contributed by atoms with E-state index in [2.05, 4.69) is 4.98 Å². The van der Waals surface area contributed by atoms with Gasteiger partial charge in [-0.3, -0.25) is 4.79 Å². The van der Waals surface area contributed by atoms with Crippen molar-refractivity contribution in [3.05, 3.63) is 46.3 Å². The fourth-order valence-electron chi connectivity index (χ4n) is 2.82. The van der Waals surface area contributed by atoms with Crippen molar-refractivity contribution in [1.29, 1.82) is 0 Å². The van der Waals surface area contributed by atoms with Crippen LogP contribution in [0.3, 0.4) is 0 Å². The number of aryl methyl sites for hydroxylation is 1. The Kier molecular flexibility index (Phi) is 5.16. The van der Waals surface area contributed by atoms with Crippen LogP contribution in [0.4, 0.5) is 0 Å². The summed E-state index contributed by atoms with van der Waals surface area (Å²) in [4.78, 5) is 39.4. The molecule has 1 N–H and O–H groups in total. The van der Waals surface area contributed by atoms with Crippen molar-refractivity contribution in [3.63, 3.8) is 0 Å². The molecular formula is C19H19NO7. The van der Waals surface area contributed by atoms with Crippen LogP contribution in [0.1, 0.15) is 49.4 Å². The average Bonchev–Trinajstić information content (AvgIpc) is 3.22. The number of rotatable bonds is 6. The number of fused-ring (bicyclic) bond motifs is 1. The fraction of sp³-hybridized carbons (Fsp3) is 0.316. The molecule has 3 rings (SSSR count). The number of ketones is 1. The Bertz CT molecular complexity index is 913. The standard InChI is InChI=1S/C19H19NO7/c1-4-24-18(22)16-10(2)17(20-11(16)3)19(23)25-8-13(21)12-5-6-14-15(7-12)27-9-26-14/h5-7,20H,4,8-9H2,1-3H3. The summed E-state index contributed by atoms with van der Waals surface area (Å²) in [6, 6.07) is 4.75. The molecule has 0 aliphatic carbocycles. The first-order valence-corrected chi connectivity index (χ1v) is 8.38. The lowest BCUT2D eigenvalue weighted by Gasteiger charge is -2.05. The number of carbonyl (C=O) groups excluding carboxylic acids is 3. The Morgan fingerprint density at radius 2 is 1.81 bits per heavy atom. The molecule has 0 saturated heterocycles. The van der Waals surface area contributed by atoms with Gasteiger partial charge in [0.1, 0.15) is 5.69 Å². The second kappa shape index (κ2) is 7.53. The zero-order valence-corrected chi connectivity index (χ0v) is 15.2. The lowest BCUT2D eigenvalue weighted by Crippen LogP contribution is -2.15. The Morgan fingerprint density at radius 1 is 1.07 bits per heavy atom. The number of ether oxygens (including phenoxy) is 4. The molecule has 0 fully saturated rings. The summed E-state index contributed by atoms with van der Waals surface area (Å²) in [6.45, 7) is 4.87. The normalized spacial score (nSPS) is 12.0. The van der Waals surface area contributed by atoms with Crippen molar-refractivity contribution in [2.24, 2.45) is 0 Å². The first-order chi connectivity index (χ1) is 12.9. The van der Waals surface area contributed by atoms with Crippen LogP contribution in [0.15, 0.2) is 18.2 Å². The molecule has 142 valence electrons. The summed E-state index contributed by atoms with van der Waals surface area (Å²) in [5, 5.41) is 0. The van der Waals surface area contributed by atoms with E-state index in [1.807, 2.05) is 0 Å². The van der Waals surface area contributed by atoms with Gasteiger partial charge in [0.05, 0.1) is 12.2 Å². The topological polar surface area (TPSA) is 104 Å². The van der Waals surface area contributed by atoms with Crippen molar-refractivity contribution in [2.45, 2.75) is 20.8 Å². The van der Waals surface area contributed by atoms with Gasteiger partial charge in [0.15, 0.2) is 23.9 Å². The Labute approximate surface area is 155 Å². The van der Waals surface area contributed by atoms with E-state index < -0.39 is 18.5 Å². The van der Waals surface area contributed by atoms with Gasteiger partial charge < -0.3 is 23.9 Å². The Balaban J connectivity index is 1.68. The average molecular weight is 373 g/mol. The number of hydrogen-bond acceptors (Lipinski definition) is 7. The number of aromatic amines is 1. The summed E-state index contributed by atoms with van der Waals surface area (Å²) in [7, 11) is 0. The summed E-state index contributed by atoms with van der Waals surface area (Å²) in [5.41, 5.74) is 1.69. The van der Waals surface area contributed by atoms with Gasteiger partial charge in [0, 0.05) is 11.3 Å². The summed E-state index contributed by atoms with van der Waals surface area (Å²) in [5.74, 6) is -0.581. The zero-order chi connectivity index (χ0) is 19.6. The van der Waals surface area contributed by atoms with Gasteiger partial charge in [-0.1, -0.05) is 0 Å². The van der Waals surface area contributed by atoms with Crippen molar-refractivity contribution in [1.82, 2.24) is 4.98 Å². The van der Waals surface area contributed by atoms with Crippen LogP contribution in [0, 0.1) is 13.8 Å². The van der Waals surface area contributed by atoms with E-state index in [1.54, 1.807) is 39.0 Å². The third-order valence-electron chi connectivity index (χ3n) is 4.15. The molecule has 1 aromatic heterocycles. The number of hydrogen-bond donors (Lipinski definition) is 1. The van der Waals surface area contributed by atoms with E-state index in [9.17, 15) is 14.4 Å². The summed E-state index contributed by atoms with van der Waals surface area (Å²) < 4.78 is 20.5. The number of benzene rings is 1. The number of H-pyrrole nitrogens is 1. The molecule has 1 aliphatic rings. The highest BCUT2D eigenvalue weighted by Crippen LogP contribution is 2.32. The quantitative estimate of drug-likeness (QED) is 0.613. The zero-order valence-electron chi connectivity index (χ0n) is 15.2. The maximum absolute atomic E-state index is 12.3. The molecule has 1 aromatic carbocycles. The van der Waals surface area contributed by atoms with Gasteiger partial charge in [-0.25, -0.2) is 9.59 Å². The van der Waals surface area contributed by atoms with E-state index >= 15 is 0 Å². The lowest BCUT2D eigenvalue weighted by molar-refractivity contribution is 0.0468. The molecule has 27 heavy (non-hydrogen) atoms. The van der Waals surface area contributed by atoms with Crippen molar-refractivity contribution in [2.75, 3.05) is 20.0 Å². The van der Waals surface area contributed by atoms with E-state index in [0.29, 0.717) is 33.9 Å². The van der Waals surface area contributed by atoms with E-state index in [-0.39, 0.29) is 24.9 Å². The van der Waals surface area contributed by atoms with Crippen LogP contribution in [0.5, 0.6) is 11.5 Å². The van der Waals surface area contributed by atoms with E-state index in [4.69, 9.17) is 18.9 Å². The number of nitrogens with one attached hydrogen (secondary N) is 1. The highest BCUT2D eigenvalue weighted by Gasteiger charge is 2.24. The fourth-order valence-corrected chi connectivity index (χ4v) is 2.82. The maximum Gasteiger partial charge on any atom is 0.355 e. The van der Waals surface area contributed by atoms with Gasteiger partial charge in [-0.15, -0.1) is 0 Å². The van der Waals surface area contributed by atoms with Crippen LogP contribution < -0.4 is 9.47 Å². The largest absolute Gasteiger partial charge is 0.462 e. The molecule has 8 heteroatoms. The molecule has 2 aromatic rings. The van der Waals surface area contributed by atoms with Gasteiger partial charge in [0.2, 0.25) is 6.79 Å². The first kappa shape index (κ1) is 18.5. The SMILES string of the molecule is CCOC(=O)c1c(C)[nH]c(C(=O)OCC(=O)c2ccc3c(c2)OCO3)c1C. The Morgan fingerprint density at radius 3 is 2.56 bits per heavy atom. The minimum atomic E-state index is -0.722. The van der Waals surface area contributed by atoms with Crippen LogP contribution in [-0.2, 0) is 9.47 Å². The summed E-state index contributed by atoms with van der Waals surface area (Å²) >= 11 is 0. The molecule has 0 atom stereocenters. The number of Topliss-reactive ketones (excluding diaryl/α,β-unsaturated/α-hetero) is 1. The second-order valence-electron chi connectivity index (χ2n) is 5.91. The molecular weight excluding hydrogens is 354 g/mol. The predicted molar refractivity (Wildman–Crippen MR) is 93.4 cm³/mol. The third-order valence-corrected chi connectivity index (χ3v) is 4.15. The first-order valence-electron chi connectivity index (χ1n) is 8.38. The van der Waals surface area contributed by atoms with Gasteiger partial charge in [0.25, 0.3) is 0 Å². The molecule has 0 bridgehead atoms. The highest BCUT2D eigenvalue weighted by atomic mass is 16.7. The van der Waals surface area contributed by atoms with Crippen molar-refractivity contribution >= 4 is 17.7 Å². The molecule has 0 saturated carbocycles. The second-order valence-corrected chi connectivity index (χ2v) is 5.91. The predicted octanol–water partition coefficient (Wildman–Crippen LogP) is 2.58. The number of aromatic nitrogens is 1. The molecule has 0 spiro atoms. The maximum atomic E-state index is 12.3. The van der Waals surface area contributed by atoms with Crippen molar-refractivity contribution < 1.29 is 33.3 Å². The molecule has 2 heterocycles. The lowest BCUT2D eigenvalue weighted by atomic mass is 10.1. The van der Waals surface area contributed by atoms with Gasteiger partial charge >= 0.3 is 11.9 Å². The van der Waals surface area contributed by atoms with Gasteiger partial charge in [-0.05, 0) is 44.5 Å². The summed E-state index contributed by atoms with van der Waals surface area (Å²) in [6.07, 6.45) is 0. The third kappa shape index (κ3) is 3.64. The van der Waals surface area contributed by atoms with E-state index in [0.717, 1.165) is 0 Å². The molecule has 1 aliphatic heterocycles. The van der Waals surface area contributed by atoms with Gasteiger partial charge in [-0.2, -0.15) is 0 Å². The Hall–Kier alpha value is -3.29. The number of esters is 2. The minimum absolute atomic E-state index is 0.107. The number of carbonyl (C=O) groups is 3.